The monoisotopic (exact) mass is 712 g/mol. The molecule has 0 heterocycles. The maximum absolute atomic E-state index is 6.52. The van der Waals surface area contributed by atoms with Gasteiger partial charge in [0.15, 0.2) is 0 Å². The number of ether oxygens (including phenoxy) is 2. The minimum Gasteiger partial charge on any atom is -1.00 e. The van der Waals surface area contributed by atoms with Gasteiger partial charge in [0.05, 0.1) is 38.8 Å². The Morgan fingerprint density at radius 1 is 0.643 bits per heavy atom. The molecule has 4 aliphatic rings. The molecular weight excluding hydrogens is 663 g/mol. The van der Waals surface area contributed by atoms with Crippen molar-refractivity contribution >= 4 is 16.1 Å². The Balaban J connectivity index is 0. The van der Waals surface area contributed by atoms with E-state index in [1.165, 1.54) is 21.5 Å². The van der Waals surface area contributed by atoms with Gasteiger partial charge in [0, 0.05) is 0 Å². The molecule has 0 spiro atoms. The third-order valence-electron chi connectivity index (χ3n) is 8.68. The maximum Gasteiger partial charge on any atom is 2.00 e. The zero-order valence-corrected chi connectivity index (χ0v) is 34.0. The summed E-state index contributed by atoms with van der Waals surface area (Å²) in [5.74, 6) is 0. The Bertz CT molecular complexity index is 1040. The van der Waals surface area contributed by atoms with Crippen molar-refractivity contribution in [1.82, 2.24) is 0 Å². The molecule has 0 amide bonds. The van der Waals surface area contributed by atoms with Crippen molar-refractivity contribution in [1.29, 1.82) is 0 Å². The normalized spacial score (nSPS) is 24.3. The molecule has 0 N–H and O–H groups in total. The number of hydrogen-bond donors (Lipinski definition) is 0. The van der Waals surface area contributed by atoms with Gasteiger partial charge in [-0.25, -0.2) is 22.5 Å². The van der Waals surface area contributed by atoms with E-state index in [4.69, 9.17) is 9.47 Å². The summed E-state index contributed by atoms with van der Waals surface area (Å²) >= 11 is 0. The number of halogens is 2. The van der Waals surface area contributed by atoms with E-state index in [9.17, 15) is 0 Å². The minimum absolute atomic E-state index is 0. The van der Waals surface area contributed by atoms with Gasteiger partial charge in [-0.1, -0.05) is 62.6 Å². The molecule has 2 nitrogen and oxygen atoms in total. The van der Waals surface area contributed by atoms with Crippen LogP contribution in [0.4, 0.5) is 0 Å². The standard InChI is InChI=1S/2C17H25OSi.2ClH.2Ti/c2*1-14(2)18-17(13-9-8-10-15(17)3)19(4,5)16-11-6-7-12-16;;;;/h2*6,8-11,14H,7,13H2,1-5H3;2*1H;;/q2*-1;;;2*+2/p-2. The molecule has 0 bridgehead atoms. The summed E-state index contributed by atoms with van der Waals surface area (Å²) < 4.78 is 13.0. The van der Waals surface area contributed by atoms with E-state index in [2.05, 4.69) is 141 Å². The van der Waals surface area contributed by atoms with Crippen LogP contribution >= 0.6 is 0 Å². The molecule has 0 saturated carbocycles. The average Bonchev–Trinajstić information content (AvgIpc) is 3.57. The number of rotatable bonds is 8. The van der Waals surface area contributed by atoms with Crippen molar-refractivity contribution in [3.8, 4) is 0 Å². The summed E-state index contributed by atoms with van der Waals surface area (Å²) in [6.45, 7) is 22.7. The van der Waals surface area contributed by atoms with E-state index in [1.54, 1.807) is 0 Å². The van der Waals surface area contributed by atoms with Crippen molar-refractivity contribution in [3.05, 3.63) is 94.5 Å². The van der Waals surface area contributed by atoms with Gasteiger partial charge in [0.2, 0.25) is 0 Å². The van der Waals surface area contributed by atoms with Crippen molar-refractivity contribution in [2.45, 2.75) is 116 Å². The van der Waals surface area contributed by atoms with Gasteiger partial charge in [-0.3, -0.25) is 12.2 Å². The van der Waals surface area contributed by atoms with Gasteiger partial charge < -0.3 is 34.3 Å². The first-order chi connectivity index (χ1) is 17.8. The van der Waals surface area contributed by atoms with Gasteiger partial charge >= 0.3 is 43.4 Å². The fraction of sp³-hybridized carbons (Fsp3) is 0.529. The van der Waals surface area contributed by atoms with E-state index < -0.39 is 16.1 Å². The molecule has 42 heavy (non-hydrogen) atoms. The van der Waals surface area contributed by atoms with Crippen LogP contribution < -0.4 is 24.8 Å². The molecule has 228 valence electrons. The quantitative estimate of drug-likeness (QED) is 0.285. The van der Waals surface area contributed by atoms with E-state index >= 15 is 0 Å². The first kappa shape index (κ1) is 44.4. The molecule has 0 fully saturated rings. The second-order valence-electron chi connectivity index (χ2n) is 12.6. The molecule has 0 aromatic rings. The summed E-state index contributed by atoms with van der Waals surface area (Å²) in [5.41, 5.74) is 2.74. The zero-order chi connectivity index (χ0) is 28.2. The van der Waals surface area contributed by atoms with Crippen molar-refractivity contribution in [2.75, 3.05) is 0 Å². The molecule has 0 radical (unpaired) electrons. The molecule has 8 heteroatoms. The Kier molecular flexibility index (Phi) is 19.5. The van der Waals surface area contributed by atoms with Gasteiger partial charge in [-0.2, -0.15) is 12.2 Å². The van der Waals surface area contributed by atoms with E-state index in [-0.39, 0.29) is 90.9 Å². The molecule has 4 aliphatic carbocycles. The van der Waals surface area contributed by atoms with Gasteiger partial charge in [-0.15, -0.1) is 12.8 Å². The average molecular weight is 714 g/mol. The molecule has 2 atom stereocenters. The van der Waals surface area contributed by atoms with Crippen molar-refractivity contribution in [2.24, 2.45) is 0 Å². The zero-order valence-electron chi connectivity index (χ0n) is 27.3. The summed E-state index contributed by atoms with van der Waals surface area (Å²) in [4.78, 5) is 0. The third kappa shape index (κ3) is 9.18. The summed E-state index contributed by atoms with van der Waals surface area (Å²) in [5, 5.41) is 2.59. The van der Waals surface area contributed by atoms with Crippen LogP contribution in [0.2, 0.25) is 26.2 Å². The van der Waals surface area contributed by atoms with Crippen LogP contribution in [0, 0.1) is 12.2 Å². The first-order valence-electron chi connectivity index (χ1n) is 14.4. The Morgan fingerprint density at radius 2 is 0.976 bits per heavy atom. The van der Waals surface area contributed by atoms with E-state index in [0.29, 0.717) is 0 Å². The largest absolute Gasteiger partial charge is 2.00 e. The van der Waals surface area contributed by atoms with E-state index in [0.717, 1.165) is 25.7 Å². The fourth-order valence-corrected chi connectivity index (χ4v) is 13.9. The SMILES string of the molecule is CC1=CC=CCC1(OC(C)C)[Si](C)(C)C1=[C-]CC=C1.CC1=CC=CCC1(OC(C)C)[Si](C)(C)C1=[C-]CC=C1.[Cl-].[Cl-].[Ti+2].[Ti+2]. The van der Waals surface area contributed by atoms with Crippen LogP contribution in [0.25, 0.3) is 0 Å². The predicted molar refractivity (Wildman–Crippen MR) is 169 cm³/mol. The van der Waals surface area contributed by atoms with Gasteiger partial charge in [0.1, 0.15) is 0 Å². The molecule has 0 aromatic carbocycles. The van der Waals surface area contributed by atoms with Crippen LogP contribution in [-0.4, -0.2) is 38.8 Å². The van der Waals surface area contributed by atoms with Crippen LogP contribution in [0.1, 0.15) is 67.2 Å². The van der Waals surface area contributed by atoms with Crippen molar-refractivity contribution in [3.63, 3.8) is 0 Å². The fourth-order valence-electron chi connectivity index (χ4n) is 6.46. The first-order valence-corrected chi connectivity index (χ1v) is 20.4. The molecular formula is C34H50Cl2O2Si2Ti2. The molecule has 0 saturated heterocycles. The molecule has 0 aromatic heterocycles. The second-order valence-corrected chi connectivity index (χ2v) is 21.8. The summed E-state index contributed by atoms with van der Waals surface area (Å²) in [6.07, 6.45) is 33.7. The summed E-state index contributed by atoms with van der Waals surface area (Å²) in [6, 6.07) is 0. The number of hydrogen-bond acceptors (Lipinski definition) is 2. The van der Waals surface area contributed by atoms with Crippen LogP contribution in [0.3, 0.4) is 0 Å². The Labute approximate surface area is 302 Å². The van der Waals surface area contributed by atoms with Crippen LogP contribution in [-0.2, 0) is 52.9 Å². The minimum atomic E-state index is -1.77. The predicted octanol–water partition coefficient (Wildman–Crippen LogP) is 3.07. The van der Waals surface area contributed by atoms with Crippen LogP contribution in [0.5, 0.6) is 0 Å². The molecule has 0 aliphatic heterocycles. The van der Waals surface area contributed by atoms with Crippen molar-refractivity contribution < 1.29 is 77.7 Å². The molecule has 4 rings (SSSR count). The van der Waals surface area contributed by atoms with Gasteiger partial charge in [-0.05, 0) is 65.5 Å². The van der Waals surface area contributed by atoms with Gasteiger partial charge in [0.25, 0.3) is 0 Å². The van der Waals surface area contributed by atoms with Crippen LogP contribution in [0.15, 0.2) is 82.3 Å². The molecule has 2 unspecified atom stereocenters. The third-order valence-corrected chi connectivity index (χ3v) is 17.5. The van der Waals surface area contributed by atoms with E-state index in [1.807, 2.05) is 0 Å². The maximum atomic E-state index is 6.52. The topological polar surface area (TPSA) is 18.5 Å². The summed E-state index contributed by atoms with van der Waals surface area (Å²) in [7, 11) is -3.54. The smallest absolute Gasteiger partial charge is 1.00 e. The second kappa shape index (κ2) is 18.4. The Hall–Kier alpha value is 0.282. The number of allylic oxidation sites excluding steroid dienone is 12. The Morgan fingerprint density at radius 3 is 1.21 bits per heavy atom.